The van der Waals surface area contributed by atoms with Crippen LogP contribution in [0.2, 0.25) is 5.02 Å². The van der Waals surface area contributed by atoms with Gasteiger partial charge in [0.05, 0.1) is 11.0 Å². The average molecular weight is 628 g/mol. The first-order valence-electron chi connectivity index (χ1n) is 13.5. The Morgan fingerprint density at radius 3 is 2.56 bits per heavy atom. The van der Waals surface area contributed by atoms with Crippen LogP contribution in [0.1, 0.15) is 45.2 Å². The lowest BCUT2D eigenvalue weighted by Gasteiger charge is -2.10. The van der Waals surface area contributed by atoms with Gasteiger partial charge >= 0.3 is 0 Å². The van der Waals surface area contributed by atoms with Gasteiger partial charge in [-0.15, -0.1) is 0 Å². The summed E-state index contributed by atoms with van der Waals surface area (Å²) in [5.74, 6) is 1.07. The molecule has 5 aromatic rings. The summed E-state index contributed by atoms with van der Waals surface area (Å²) in [6.07, 6.45) is 1.41. The first-order valence-corrected chi connectivity index (χ1v) is 14.6. The van der Waals surface area contributed by atoms with Crippen LogP contribution >= 0.6 is 27.5 Å². The minimum atomic E-state index is -0.194. The maximum atomic E-state index is 12.8. The van der Waals surface area contributed by atoms with Gasteiger partial charge < -0.3 is 15.2 Å². The maximum absolute atomic E-state index is 12.8. The molecule has 0 spiro atoms. The van der Waals surface area contributed by atoms with Gasteiger partial charge in [0.1, 0.15) is 5.82 Å². The number of nitrogens with zero attached hydrogens (tertiary/aromatic N) is 2. The average Bonchev–Trinajstić information content (AvgIpc) is 3.73. The maximum Gasteiger partial charge on any atom is 0.255 e. The topological polar surface area (TPSA) is 76.0 Å². The van der Waals surface area contributed by atoms with Crippen molar-refractivity contribution in [1.82, 2.24) is 14.9 Å². The Morgan fingerprint density at radius 1 is 1.00 bits per heavy atom. The van der Waals surface area contributed by atoms with Crippen LogP contribution in [0.25, 0.3) is 11.0 Å². The summed E-state index contributed by atoms with van der Waals surface area (Å²) >= 11 is 9.99. The molecular formula is C33H28BrClN4O2. The summed E-state index contributed by atoms with van der Waals surface area (Å²) in [7, 11) is 1.96. The van der Waals surface area contributed by atoms with E-state index < -0.39 is 0 Å². The molecule has 0 unspecified atom stereocenters. The van der Waals surface area contributed by atoms with Crippen molar-refractivity contribution in [3.05, 3.63) is 129 Å². The van der Waals surface area contributed by atoms with Gasteiger partial charge in [-0.3, -0.25) is 9.59 Å². The molecule has 0 radical (unpaired) electrons. The molecule has 1 aromatic heterocycles. The number of imidazole rings is 1. The van der Waals surface area contributed by atoms with Crippen LogP contribution in [0, 0.1) is 5.92 Å². The predicted molar refractivity (Wildman–Crippen MR) is 166 cm³/mol. The van der Waals surface area contributed by atoms with Crippen LogP contribution in [0.15, 0.2) is 95.5 Å². The number of anilines is 1. The van der Waals surface area contributed by atoms with E-state index in [4.69, 9.17) is 16.6 Å². The number of amides is 2. The first kappa shape index (κ1) is 27.2. The minimum absolute atomic E-state index is 0.0333. The zero-order valence-corrected chi connectivity index (χ0v) is 24.7. The largest absolute Gasteiger partial charge is 0.352 e. The molecule has 41 heavy (non-hydrogen) atoms. The van der Waals surface area contributed by atoms with Gasteiger partial charge in [0.15, 0.2) is 0 Å². The van der Waals surface area contributed by atoms with Gasteiger partial charge in [0, 0.05) is 46.7 Å². The van der Waals surface area contributed by atoms with E-state index in [-0.39, 0.29) is 17.7 Å². The number of hydrogen-bond acceptors (Lipinski definition) is 3. The number of rotatable bonds is 8. The number of aromatic nitrogens is 2. The number of halogens is 2. The number of carbonyl (C=O) groups is 2. The second-order valence-corrected chi connectivity index (χ2v) is 11.8. The Kier molecular flexibility index (Phi) is 7.65. The van der Waals surface area contributed by atoms with Gasteiger partial charge in [0.2, 0.25) is 5.91 Å². The summed E-state index contributed by atoms with van der Waals surface area (Å²) in [5.41, 5.74) is 6.06. The molecule has 2 amide bonds. The lowest BCUT2D eigenvalue weighted by molar-refractivity contribution is -0.122. The van der Waals surface area contributed by atoms with Gasteiger partial charge in [-0.2, -0.15) is 0 Å². The van der Waals surface area contributed by atoms with Gasteiger partial charge in [-0.05, 0) is 77.6 Å². The number of nitrogens with one attached hydrogen (secondary N) is 2. The monoisotopic (exact) mass is 626 g/mol. The van der Waals surface area contributed by atoms with Crippen LogP contribution in [0.4, 0.5) is 5.69 Å². The molecule has 1 heterocycles. The number of hydrogen-bond donors (Lipinski definition) is 2. The Labute approximate surface area is 251 Å². The van der Waals surface area contributed by atoms with E-state index in [1.54, 1.807) is 12.1 Å². The molecule has 1 saturated carbocycles. The van der Waals surface area contributed by atoms with Crippen molar-refractivity contribution in [2.75, 3.05) is 5.32 Å². The van der Waals surface area contributed by atoms with E-state index in [0.29, 0.717) is 29.5 Å². The first-order chi connectivity index (χ1) is 19.9. The van der Waals surface area contributed by atoms with Crippen LogP contribution in [-0.4, -0.2) is 21.4 Å². The third kappa shape index (κ3) is 6.06. The van der Waals surface area contributed by atoms with Crippen LogP contribution in [0.5, 0.6) is 0 Å². The molecule has 0 aliphatic heterocycles. The zero-order chi connectivity index (χ0) is 28.5. The third-order valence-electron chi connectivity index (χ3n) is 7.62. The van der Waals surface area contributed by atoms with Crippen LogP contribution in [0.3, 0.4) is 0 Å². The normalized spacial score (nSPS) is 16.0. The van der Waals surface area contributed by atoms with Crippen LogP contribution in [-0.2, 0) is 24.8 Å². The van der Waals surface area contributed by atoms with E-state index in [2.05, 4.69) is 38.7 Å². The molecular weight excluding hydrogens is 600 g/mol. The third-order valence-corrected chi connectivity index (χ3v) is 8.52. The Hall–Kier alpha value is -3.94. The van der Waals surface area contributed by atoms with E-state index >= 15 is 0 Å². The standard InChI is InChI=1S/C33H28BrClN4O2/c1-39-30-14-8-22(32(40)37-25-11-9-24(34)10-12-25)16-29(30)38-31(39)17-23-15-20(7-13-28(23)35)19-36-33(41)27-18-26(27)21-5-3-2-4-6-21/h2-16,26-27H,17-19H2,1H3,(H,36,41)(H,37,40)/t26-,27+/m0/s1. The molecule has 6 nitrogen and oxygen atoms in total. The quantitative estimate of drug-likeness (QED) is 0.190. The molecule has 1 aliphatic carbocycles. The van der Waals surface area contributed by atoms with E-state index in [0.717, 1.165) is 44.6 Å². The molecule has 1 fully saturated rings. The highest BCUT2D eigenvalue weighted by atomic mass is 79.9. The highest BCUT2D eigenvalue weighted by Gasteiger charge is 2.43. The fourth-order valence-electron chi connectivity index (χ4n) is 5.20. The van der Waals surface area contributed by atoms with Crippen molar-refractivity contribution in [2.24, 2.45) is 13.0 Å². The van der Waals surface area contributed by atoms with Crippen LogP contribution < -0.4 is 10.6 Å². The summed E-state index contributed by atoms with van der Waals surface area (Å²) < 4.78 is 2.97. The Balaban J connectivity index is 1.13. The SMILES string of the molecule is Cn1c(Cc2cc(CNC(=O)[C@@H]3C[C@H]3c3ccccc3)ccc2Cl)nc2cc(C(=O)Nc3ccc(Br)cc3)ccc21. The van der Waals surface area contributed by atoms with Crippen molar-refractivity contribution in [3.63, 3.8) is 0 Å². The number of benzene rings is 4. The van der Waals surface area contributed by atoms with E-state index in [1.165, 1.54) is 5.56 Å². The fourth-order valence-corrected chi connectivity index (χ4v) is 5.65. The predicted octanol–water partition coefficient (Wildman–Crippen LogP) is 7.25. The number of carbonyl (C=O) groups excluding carboxylic acids is 2. The molecule has 0 bridgehead atoms. The Bertz CT molecular complexity index is 1750. The molecule has 8 heteroatoms. The van der Waals surface area contributed by atoms with Crippen molar-refractivity contribution in [3.8, 4) is 0 Å². The highest BCUT2D eigenvalue weighted by molar-refractivity contribution is 9.10. The van der Waals surface area contributed by atoms with E-state index in [1.807, 2.05) is 78.3 Å². The molecule has 6 rings (SSSR count). The Morgan fingerprint density at radius 2 is 1.78 bits per heavy atom. The summed E-state index contributed by atoms with van der Waals surface area (Å²) in [5, 5.41) is 6.67. The fraction of sp³-hybridized carbons (Fsp3) is 0.182. The van der Waals surface area contributed by atoms with Gasteiger partial charge in [-0.1, -0.05) is 70.0 Å². The smallest absolute Gasteiger partial charge is 0.255 e. The van der Waals surface area contributed by atoms with Crippen molar-refractivity contribution in [1.29, 1.82) is 0 Å². The lowest BCUT2D eigenvalue weighted by atomic mass is 10.1. The van der Waals surface area contributed by atoms with Gasteiger partial charge in [0.25, 0.3) is 5.91 Å². The van der Waals surface area contributed by atoms with Gasteiger partial charge in [-0.25, -0.2) is 4.98 Å². The summed E-state index contributed by atoms with van der Waals surface area (Å²) in [6.45, 7) is 0.445. The second kappa shape index (κ2) is 11.5. The summed E-state index contributed by atoms with van der Waals surface area (Å²) in [6, 6.07) is 29.0. The lowest BCUT2D eigenvalue weighted by Crippen LogP contribution is -2.25. The zero-order valence-electron chi connectivity index (χ0n) is 22.4. The molecule has 1 aliphatic rings. The van der Waals surface area contributed by atoms with E-state index in [9.17, 15) is 9.59 Å². The number of aryl methyl sites for hydroxylation is 1. The van der Waals surface area contributed by atoms with Crippen molar-refractivity contribution >= 4 is 56.1 Å². The van der Waals surface area contributed by atoms with Crippen molar-refractivity contribution < 1.29 is 9.59 Å². The van der Waals surface area contributed by atoms with Crippen molar-refractivity contribution in [2.45, 2.75) is 25.3 Å². The second-order valence-electron chi connectivity index (χ2n) is 10.4. The molecule has 2 atom stereocenters. The highest BCUT2D eigenvalue weighted by Crippen LogP contribution is 2.47. The molecule has 4 aromatic carbocycles. The molecule has 206 valence electrons. The minimum Gasteiger partial charge on any atom is -0.352 e. The molecule has 2 N–H and O–H groups in total. The number of fused-ring (bicyclic) bond motifs is 1. The summed E-state index contributed by atoms with van der Waals surface area (Å²) in [4.78, 5) is 30.4. The molecule has 0 saturated heterocycles.